The number of alkyl halides is 3. The third kappa shape index (κ3) is 7.50. The van der Waals surface area contributed by atoms with Gasteiger partial charge in [-0.1, -0.05) is 25.1 Å². The van der Waals surface area contributed by atoms with Crippen molar-refractivity contribution in [1.29, 1.82) is 0 Å². The minimum atomic E-state index is -4.68. The smallest absolute Gasteiger partial charge is 0.435 e. The van der Waals surface area contributed by atoms with E-state index in [-0.39, 0.29) is 37.1 Å². The minimum Gasteiger partial charge on any atom is -0.483 e. The first-order valence-electron chi connectivity index (χ1n) is 15.9. The number of hydrogen-bond acceptors (Lipinski definition) is 6. The number of fused-ring (bicyclic) bond motifs is 1. The topological polar surface area (TPSA) is 107 Å². The van der Waals surface area contributed by atoms with Crippen molar-refractivity contribution >= 4 is 11.8 Å². The molecule has 1 aliphatic heterocycles. The highest BCUT2D eigenvalue weighted by atomic mass is 19.4. The van der Waals surface area contributed by atoms with E-state index in [1.54, 1.807) is 54.0 Å². The molecule has 0 fully saturated rings. The Morgan fingerprint density at radius 1 is 1.02 bits per heavy atom. The number of aryl methyl sites for hydroxylation is 3. The third-order valence-corrected chi connectivity index (χ3v) is 8.59. The van der Waals surface area contributed by atoms with Gasteiger partial charge in [0.15, 0.2) is 12.3 Å². The molecule has 13 heteroatoms. The van der Waals surface area contributed by atoms with Crippen LogP contribution in [0.3, 0.4) is 0 Å². The summed E-state index contributed by atoms with van der Waals surface area (Å²) in [4.78, 5) is 36.8. The van der Waals surface area contributed by atoms with Gasteiger partial charge in [0, 0.05) is 80.9 Å². The summed E-state index contributed by atoms with van der Waals surface area (Å²) in [6.07, 6.45) is 4.54. The van der Waals surface area contributed by atoms with Gasteiger partial charge in [0.2, 0.25) is 0 Å². The van der Waals surface area contributed by atoms with Crippen LogP contribution in [-0.4, -0.2) is 54.2 Å². The van der Waals surface area contributed by atoms with E-state index in [0.717, 1.165) is 33.6 Å². The summed E-state index contributed by atoms with van der Waals surface area (Å²) in [5.74, 6) is 0.603. The fraction of sp³-hybridized carbons (Fsp3) is 0.306. The molecule has 10 nitrogen and oxygen atoms in total. The average Bonchev–Trinajstić information content (AvgIpc) is 3.69. The van der Waals surface area contributed by atoms with Crippen molar-refractivity contribution in [2.24, 2.45) is 7.05 Å². The minimum absolute atomic E-state index is 0.0650. The molecule has 0 spiro atoms. The second-order valence-electron chi connectivity index (χ2n) is 12.0. The summed E-state index contributed by atoms with van der Waals surface area (Å²) in [6, 6.07) is 12.8. The zero-order valence-corrected chi connectivity index (χ0v) is 27.4. The maximum Gasteiger partial charge on any atom is 0.435 e. The zero-order valence-electron chi connectivity index (χ0n) is 27.4. The van der Waals surface area contributed by atoms with E-state index in [1.165, 1.54) is 13.2 Å². The van der Waals surface area contributed by atoms with Crippen molar-refractivity contribution in [3.05, 3.63) is 118 Å². The van der Waals surface area contributed by atoms with Gasteiger partial charge in [-0.25, -0.2) is 4.98 Å². The second-order valence-corrected chi connectivity index (χ2v) is 12.0. The van der Waals surface area contributed by atoms with Gasteiger partial charge in [0.1, 0.15) is 11.6 Å². The first kappa shape index (κ1) is 33.4. The molecular weight excluding hydrogens is 635 g/mol. The maximum absolute atomic E-state index is 14.2. The first-order valence-corrected chi connectivity index (χ1v) is 15.9. The molecule has 0 atom stereocenters. The average molecular weight is 672 g/mol. The van der Waals surface area contributed by atoms with Crippen LogP contribution in [0.1, 0.15) is 56.6 Å². The molecule has 0 aliphatic carbocycles. The highest BCUT2D eigenvalue weighted by Crippen LogP contribution is 2.40. The standard InChI is InChI=1S/C36H36F3N7O3/c1-4-24-7-8-32(49-22-33(47)42-18-25-6-5-10-40-17-25)27(14-24)20-46-12-9-28-29(31-21-44(3)43-34(31)36(37,38)39)15-26(16-30(28)35(46)48)19-45-13-11-41-23(45)2/h5-8,10-11,13-17,21H,4,9,12,18-20,22H2,1-3H3,(H,42,47). The van der Waals surface area contributed by atoms with Crippen LogP contribution in [0.2, 0.25) is 0 Å². The number of benzene rings is 2. The van der Waals surface area contributed by atoms with Crippen molar-refractivity contribution < 1.29 is 27.5 Å². The summed E-state index contributed by atoms with van der Waals surface area (Å²) in [5, 5.41) is 6.55. The van der Waals surface area contributed by atoms with E-state index < -0.39 is 11.9 Å². The van der Waals surface area contributed by atoms with Crippen LogP contribution in [0.25, 0.3) is 11.1 Å². The quantitative estimate of drug-likeness (QED) is 0.199. The van der Waals surface area contributed by atoms with E-state index in [4.69, 9.17) is 4.74 Å². The van der Waals surface area contributed by atoms with Crippen LogP contribution in [0, 0.1) is 6.92 Å². The normalized spacial score (nSPS) is 13.0. The van der Waals surface area contributed by atoms with Crippen molar-refractivity contribution in [1.82, 2.24) is 34.5 Å². The predicted octanol–water partition coefficient (Wildman–Crippen LogP) is 5.51. The number of amides is 2. The van der Waals surface area contributed by atoms with Gasteiger partial charge in [-0.2, -0.15) is 18.3 Å². The Bertz CT molecular complexity index is 1990. The lowest BCUT2D eigenvalue weighted by Crippen LogP contribution is -2.37. The van der Waals surface area contributed by atoms with E-state index in [1.807, 2.05) is 36.6 Å². The van der Waals surface area contributed by atoms with Crippen LogP contribution in [0.5, 0.6) is 5.75 Å². The molecule has 0 bridgehead atoms. The van der Waals surface area contributed by atoms with Gasteiger partial charge in [-0.15, -0.1) is 0 Å². The number of carbonyl (C=O) groups is 2. The summed E-state index contributed by atoms with van der Waals surface area (Å²) in [6.45, 7) is 4.74. The number of nitrogens with zero attached hydrogens (tertiary/aromatic N) is 6. The molecule has 4 heterocycles. The van der Waals surface area contributed by atoms with Crippen LogP contribution >= 0.6 is 0 Å². The number of pyridine rings is 1. The molecule has 1 N–H and O–H groups in total. The van der Waals surface area contributed by atoms with E-state index in [0.29, 0.717) is 47.5 Å². The second kappa shape index (κ2) is 14.0. The molecule has 2 aromatic carbocycles. The van der Waals surface area contributed by atoms with E-state index in [2.05, 4.69) is 20.4 Å². The number of rotatable bonds is 11. The summed E-state index contributed by atoms with van der Waals surface area (Å²) in [5.41, 5.74) is 3.46. The highest BCUT2D eigenvalue weighted by molar-refractivity contribution is 5.99. The lowest BCUT2D eigenvalue weighted by atomic mass is 9.88. The van der Waals surface area contributed by atoms with Gasteiger partial charge in [-0.05, 0) is 71.8 Å². The number of hydrogen-bond donors (Lipinski definition) is 1. The Hall–Kier alpha value is -5.46. The number of carbonyl (C=O) groups excluding carboxylic acids is 2. The van der Waals surface area contributed by atoms with E-state index >= 15 is 0 Å². The van der Waals surface area contributed by atoms with Crippen molar-refractivity contribution in [2.45, 2.75) is 52.5 Å². The molecular formula is C36H36F3N7O3. The number of halogens is 3. The number of imidazole rings is 1. The number of nitrogens with one attached hydrogen (secondary N) is 1. The molecule has 2 amide bonds. The molecule has 254 valence electrons. The van der Waals surface area contributed by atoms with Crippen LogP contribution in [0.15, 0.2) is 73.4 Å². The zero-order chi connectivity index (χ0) is 34.7. The monoisotopic (exact) mass is 671 g/mol. The molecule has 49 heavy (non-hydrogen) atoms. The lowest BCUT2D eigenvalue weighted by Gasteiger charge is -2.31. The van der Waals surface area contributed by atoms with Crippen LogP contribution in [-0.2, 0) is 50.5 Å². The van der Waals surface area contributed by atoms with Gasteiger partial charge >= 0.3 is 6.18 Å². The van der Waals surface area contributed by atoms with Crippen molar-refractivity contribution in [3.8, 4) is 16.9 Å². The van der Waals surface area contributed by atoms with Crippen molar-refractivity contribution in [3.63, 3.8) is 0 Å². The SMILES string of the molecule is CCc1ccc(OCC(=O)NCc2cccnc2)c(CN2CCc3c(cc(Cn4ccnc4C)cc3-c3cn(C)nc3C(F)(F)F)C2=O)c1. The van der Waals surface area contributed by atoms with Gasteiger partial charge < -0.3 is 19.5 Å². The summed E-state index contributed by atoms with van der Waals surface area (Å²) < 4.78 is 51.4. The largest absolute Gasteiger partial charge is 0.483 e. The molecule has 0 radical (unpaired) electrons. The summed E-state index contributed by atoms with van der Waals surface area (Å²) in [7, 11) is 1.45. The molecule has 0 unspecified atom stereocenters. The molecule has 0 saturated heterocycles. The Balaban J connectivity index is 1.29. The highest BCUT2D eigenvalue weighted by Gasteiger charge is 2.39. The fourth-order valence-electron chi connectivity index (χ4n) is 6.08. The molecule has 3 aromatic heterocycles. The predicted molar refractivity (Wildman–Crippen MR) is 176 cm³/mol. The van der Waals surface area contributed by atoms with Crippen LogP contribution in [0.4, 0.5) is 13.2 Å². The lowest BCUT2D eigenvalue weighted by molar-refractivity contribution is -0.141. The van der Waals surface area contributed by atoms with Gasteiger partial charge in [0.25, 0.3) is 11.8 Å². The number of ether oxygens (including phenoxy) is 1. The maximum atomic E-state index is 14.2. The fourth-order valence-corrected chi connectivity index (χ4v) is 6.08. The molecule has 5 aromatic rings. The Kier molecular flexibility index (Phi) is 9.52. The summed E-state index contributed by atoms with van der Waals surface area (Å²) >= 11 is 0. The van der Waals surface area contributed by atoms with Crippen LogP contribution < -0.4 is 10.1 Å². The van der Waals surface area contributed by atoms with Crippen molar-refractivity contribution in [2.75, 3.05) is 13.2 Å². The Morgan fingerprint density at radius 2 is 1.84 bits per heavy atom. The van der Waals surface area contributed by atoms with Gasteiger partial charge in [-0.3, -0.25) is 19.3 Å². The third-order valence-electron chi connectivity index (χ3n) is 8.59. The Morgan fingerprint density at radius 3 is 2.55 bits per heavy atom. The molecule has 1 aliphatic rings. The molecule has 0 saturated carbocycles. The molecule has 6 rings (SSSR count). The Labute approximate surface area is 281 Å². The van der Waals surface area contributed by atoms with Gasteiger partial charge in [0.05, 0.1) is 0 Å². The van der Waals surface area contributed by atoms with E-state index in [9.17, 15) is 22.8 Å². The number of aromatic nitrogens is 5. The first-order chi connectivity index (χ1) is 23.5.